The van der Waals surface area contributed by atoms with E-state index in [-0.39, 0.29) is 6.04 Å². The summed E-state index contributed by atoms with van der Waals surface area (Å²) < 4.78 is 5.27. The minimum absolute atomic E-state index is 0.206. The number of likely N-dealkylation sites (N-methyl/N-ethyl adjacent to an activating group) is 1. The molecule has 2 aromatic carbocycles. The number of benzene rings is 2. The summed E-state index contributed by atoms with van der Waals surface area (Å²) in [6.07, 6.45) is 8.05. The Morgan fingerprint density at radius 1 is 1.09 bits per heavy atom. The number of anilines is 3. The summed E-state index contributed by atoms with van der Waals surface area (Å²) >= 11 is 1.52. The lowest BCUT2D eigenvalue weighted by Gasteiger charge is -2.31. The molecule has 1 aliphatic carbocycles. The van der Waals surface area contributed by atoms with E-state index in [1.807, 2.05) is 60.3 Å². The van der Waals surface area contributed by atoms with Crippen LogP contribution < -0.4 is 21.1 Å². The Hall–Kier alpha value is -3.56. The van der Waals surface area contributed by atoms with Crippen LogP contribution in [0.2, 0.25) is 0 Å². The zero-order valence-electron chi connectivity index (χ0n) is 19.6. The van der Waals surface area contributed by atoms with Gasteiger partial charge >= 0.3 is 0 Å². The molecular weight excluding hydrogens is 458 g/mol. The molecule has 9 heteroatoms. The Morgan fingerprint density at radius 2 is 1.89 bits per heavy atom. The van der Waals surface area contributed by atoms with E-state index in [1.165, 1.54) is 18.4 Å². The smallest absolute Gasteiger partial charge is 0.254 e. The number of aromatic nitrogens is 3. The number of rotatable bonds is 8. The number of pyridine rings is 1. The van der Waals surface area contributed by atoms with Crippen LogP contribution in [0.5, 0.6) is 0 Å². The van der Waals surface area contributed by atoms with Gasteiger partial charge in [-0.3, -0.25) is 14.5 Å². The summed E-state index contributed by atoms with van der Waals surface area (Å²) in [5, 5.41) is 12.5. The minimum Gasteiger partial charge on any atom is -0.365 e. The van der Waals surface area contributed by atoms with Gasteiger partial charge in [0.05, 0.1) is 11.6 Å². The second-order valence-electron chi connectivity index (χ2n) is 8.75. The fourth-order valence-corrected chi connectivity index (χ4v) is 5.22. The minimum atomic E-state index is -0.489. The third kappa shape index (κ3) is 5.26. The van der Waals surface area contributed by atoms with Gasteiger partial charge in [0.15, 0.2) is 5.82 Å². The number of nitrogens with two attached hydrogens (primary N) is 1. The first-order valence-electron chi connectivity index (χ1n) is 11.8. The number of hydrogen-bond acceptors (Lipinski definition) is 7. The molecule has 1 saturated carbocycles. The van der Waals surface area contributed by atoms with E-state index in [0.717, 1.165) is 46.4 Å². The van der Waals surface area contributed by atoms with E-state index in [9.17, 15) is 4.79 Å². The second kappa shape index (κ2) is 10.4. The summed E-state index contributed by atoms with van der Waals surface area (Å²) in [6, 6.07) is 18.6. The molecule has 1 fully saturated rings. The molecule has 0 saturated heterocycles. The molecule has 0 aliphatic heterocycles. The number of nitrogens with zero attached hydrogens (tertiary/aromatic N) is 3. The van der Waals surface area contributed by atoms with E-state index in [4.69, 9.17) is 10.8 Å². The summed E-state index contributed by atoms with van der Waals surface area (Å²) in [4.78, 5) is 17.6. The van der Waals surface area contributed by atoms with Crippen LogP contribution in [0.15, 0.2) is 71.9 Å². The first-order chi connectivity index (χ1) is 17.1. The van der Waals surface area contributed by atoms with Crippen LogP contribution in [0.3, 0.4) is 0 Å². The van der Waals surface area contributed by atoms with Gasteiger partial charge in [-0.2, -0.15) is 5.10 Å². The topological polar surface area (TPSA) is 110 Å². The van der Waals surface area contributed by atoms with Crippen molar-refractivity contribution in [2.75, 3.05) is 17.1 Å². The molecule has 0 bridgehead atoms. The first-order valence-corrected chi connectivity index (χ1v) is 12.6. The Morgan fingerprint density at radius 3 is 2.69 bits per heavy atom. The lowest BCUT2D eigenvalue weighted by atomic mass is 9.90. The lowest BCUT2D eigenvalue weighted by Crippen LogP contribution is -2.37. The molecule has 35 heavy (non-hydrogen) atoms. The molecule has 2 atom stereocenters. The van der Waals surface area contributed by atoms with E-state index in [2.05, 4.69) is 26.4 Å². The number of carbonyl (C=O) groups excluding carboxylic acids is 1. The van der Waals surface area contributed by atoms with Crippen LogP contribution in [0.4, 0.5) is 17.2 Å². The summed E-state index contributed by atoms with van der Waals surface area (Å²) in [5.74, 6) is -0.00284. The van der Waals surface area contributed by atoms with Crippen LogP contribution in [0.1, 0.15) is 42.1 Å². The summed E-state index contributed by atoms with van der Waals surface area (Å²) in [7, 11) is 1.98. The van der Waals surface area contributed by atoms with E-state index >= 15 is 0 Å². The number of carbonyl (C=O) groups is 1. The highest BCUT2D eigenvalue weighted by atomic mass is 32.2. The zero-order valence-corrected chi connectivity index (χ0v) is 20.4. The zero-order chi connectivity index (χ0) is 24.2. The van der Waals surface area contributed by atoms with Crippen molar-refractivity contribution in [3.05, 3.63) is 72.6 Å². The van der Waals surface area contributed by atoms with Gasteiger partial charge in [0.25, 0.3) is 5.91 Å². The van der Waals surface area contributed by atoms with Gasteiger partial charge in [-0.1, -0.05) is 25.0 Å². The third-order valence-corrected chi connectivity index (χ3v) is 7.29. The maximum atomic E-state index is 12.1. The van der Waals surface area contributed by atoms with Gasteiger partial charge in [-0.25, -0.2) is 0 Å². The van der Waals surface area contributed by atoms with Crippen molar-refractivity contribution < 1.29 is 4.79 Å². The third-order valence-electron chi connectivity index (χ3n) is 6.45. The van der Waals surface area contributed by atoms with Crippen molar-refractivity contribution in [2.24, 2.45) is 5.73 Å². The van der Waals surface area contributed by atoms with Gasteiger partial charge in [-0.05, 0) is 74.3 Å². The van der Waals surface area contributed by atoms with Crippen molar-refractivity contribution >= 4 is 46.0 Å². The highest BCUT2D eigenvalue weighted by Gasteiger charge is 2.27. The monoisotopic (exact) mass is 487 g/mol. The Balaban J connectivity index is 1.27. The summed E-state index contributed by atoms with van der Waals surface area (Å²) in [5.41, 5.74) is 8.85. The molecule has 2 aromatic heterocycles. The standard InChI is InChI=1S/C26H29N7OS/c1-28-22-6-2-3-7-24(22)33-16-21(25(27)34)26(31-33)30-18-10-12-20(13-11-18)35-32-19-9-8-17-5-4-14-29-23(17)15-19/h4-5,8-16,22,24,28,32H,2-3,6-7H2,1H3,(H2,27,34)(H,30,31). The molecule has 0 spiro atoms. The number of amides is 1. The average Bonchev–Trinajstić information content (AvgIpc) is 3.32. The fourth-order valence-electron chi connectivity index (χ4n) is 4.59. The Labute approximate surface area is 208 Å². The Kier molecular flexibility index (Phi) is 6.87. The lowest BCUT2D eigenvalue weighted by molar-refractivity contribution is 0.100. The van der Waals surface area contributed by atoms with Gasteiger partial charge < -0.3 is 21.1 Å². The molecule has 1 aliphatic rings. The van der Waals surface area contributed by atoms with Crippen LogP contribution in [-0.4, -0.2) is 33.8 Å². The van der Waals surface area contributed by atoms with Crippen molar-refractivity contribution in [1.29, 1.82) is 0 Å². The van der Waals surface area contributed by atoms with Crippen molar-refractivity contribution in [1.82, 2.24) is 20.1 Å². The van der Waals surface area contributed by atoms with Gasteiger partial charge in [-0.15, -0.1) is 0 Å². The molecule has 2 unspecified atom stereocenters. The quantitative estimate of drug-likeness (QED) is 0.256. The number of primary amides is 1. The second-order valence-corrected chi connectivity index (χ2v) is 9.63. The van der Waals surface area contributed by atoms with Gasteiger partial charge in [0.1, 0.15) is 5.56 Å². The maximum Gasteiger partial charge on any atom is 0.254 e. The largest absolute Gasteiger partial charge is 0.365 e. The molecule has 5 N–H and O–H groups in total. The molecule has 1 amide bonds. The van der Waals surface area contributed by atoms with E-state index < -0.39 is 5.91 Å². The SMILES string of the molecule is CNC1CCCCC1n1cc(C(N)=O)c(Nc2ccc(SNc3ccc4cccnc4c3)cc2)n1. The molecule has 0 radical (unpaired) electrons. The number of fused-ring (bicyclic) bond motifs is 1. The van der Waals surface area contributed by atoms with Gasteiger partial charge in [0, 0.05) is 40.1 Å². The summed E-state index contributed by atoms with van der Waals surface area (Å²) in [6.45, 7) is 0. The average molecular weight is 488 g/mol. The molecule has 2 heterocycles. The molecule has 5 rings (SSSR count). The normalized spacial score (nSPS) is 17.9. The van der Waals surface area contributed by atoms with Crippen molar-refractivity contribution in [3.63, 3.8) is 0 Å². The van der Waals surface area contributed by atoms with Crippen LogP contribution >= 0.6 is 11.9 Å². The number of hydrogen-bond donors (Lipinski definition) is 4. The van der Waals surface area contributed by atoms with Gasteiger partial charge in [0.2, 0.25) is 0 Å². The van der Waals surface area contributed by atoms with Crippen LogP contribution in [0, 0.1) is 0 Å². The highest BCUT2D eigenvalue weighted by molar-refractivity contribution is 8.00. The molecule has 8 nitrogen and oxygen atoms in total. The molecule has 4 aromatic rings. The van der Waals surface area contributed by atoms with Crippen molar-refractivity contribution in [2.45, 2.75) is 42.7 Å². The fraction of sp³-hybridized carbons (Fsp3) is 0.269. The predicted molar refractivity (Wildman–Crippen MR) is 142 cm³/mol. The maximum absolute atomic E-state index is 12.1. The number of nitrogens with one attached hydrogen (secondary N) is 3. The van der Waals surface area contributed by atoms with E-state index in [1.54, 1.807) is 12.4 Å². The molecule has 180 valence electrons. The van der Waals surface area contributed by atoms with Crippen molar-refractivity contribution in [3.8, 4) is 0 Å². The van der Waals surface area contributed by atoms with Crippen LogP contribution in [0.25, 0.3) is 10.9 Å². The van der Waals surface area contributed by atoms with Crippen LogP contribution in [-0.2, 0) is 0 Å². The van der Waals surface area contributed by atoms with E-state index in [0.29, 0.717) is 17.4 Å². The Bertz CT molecular complexity index is 1320. The predicted octanol–water partition coefficient (Wildman–Crippen LogP) is 5.10. The first kappa shape index (κ1) is 23.2. The highest BCUT2D eigenvalue weighted by Crippen LogP contribution is 2.31. The molecular formula is C26H29N7OS.